The zero-order valence-corrected chi connectivity index (χ0v) is 17.8. The number of carbonyl (C=O) groups excluding carboxylic acids is 1. The molecule has 2 aromatic carbocycles. The molecule has 0 radical (unpaired) electrons. The molecule has 0 bridgehead atoms. The molecule has 0 N–H and O–H groups in total. The van der Waals surface area contributed by atoms with Gasteiger partial charge in [0.25, 0.3) is 5.91 Å². The number of rotatable bonds is 4. The first-order chi connectivity index (χ1) is 13.9. The van der Waals surface area contributed by atoms with E-state index in [1.807, 2.05) is 30.3 Å². The van der Waals surface area contributed by atoms with Crippen molar-refractivity contribution < 1.29 is 17.7 Å². The molecule has 0 unspecified atom stereocenters. The first-order valence-corrected chi connectivity index (χ1v) is 11.3. The largest absolute Gasteiger partial charge is 0.355 e. The molecule has 1 aromatic heterocycles. The maximum absolute atomic E-state index is 12.8. The molecule has 150 valence electrons. The molecule has 1 aliphatic rings. The molecule has 1 saturated heterocycles. The Bertz CT molecular complexity index is 1110. The minimum atomic E-state index is -3.58. The highest BCUT2D eigenvalue weighted by atomic mass is 79.9. The molecule has 1 amide bonds. The van der Waals surface area contributed by atoms with E-state index in [1.165, 1.54) is 4.31 Å². The predicted molar refractivity (Wildman–Crippen MR) is 111 cm³/mol. The Morgan fingerprint density at radius 1 is 0.966 bits per heavy atom. The summed E-state index contributed by atoms with van der Waals surface area (Å²) in [5.74, 6) is 0.252. The Morgan fingerprint density at radius 3 is 2.28 bits per heavy atom. The van der Waals surface area contributed by atoms with Gasteiger partial charge >= 0.3 is 0 Å². The van der Waals surface area contributed by atoms with Gasteiger partial charge in [0, 0.05) is 42.3 Å². The summed E-state index contributed by atoms with van der Waals surface area (Å²) in [5, 5.41) is 3.89. The van der Waals surface area contributed by atoms with Gasteiger partial charge in [0.15, 0.2) is 11.5 Å². The molecule has 0 atom stereocenters. The summed E-state index contributed by atoms with van der Waals surface area (Å²) in [5.41, 5.74) is 1.05. The minimum absolute atomic E-state index is 0.216. The second kappa shape index (κ2) is 8.10. The zero-order chi connectivity index (χ0) is 20.4. The molecule has 2 heterocycles. The monoisotopic (exact) mass is 475 g/mol. The number of hydrogen-bond acceptors (Lipinski definition) is 5. The smallest absolute Gasteiger partial charge is 0.276 e. The number of hydrogen-bond donors (Lipinski definition) is 0. The van der Waals surface area contributed by atoms with Gasteiger partial charge in [0.2, 0.25) is 10.0 Å². The van der Waals surface area contributed by atoms with E-state index in [0.717, 1.165) is 10.0 Å². The highest BCUT2D eigenvalue weighted by Gasteiger charge is 2.31. The summed E-state index contributed by atoms with van der Waals surface area (Å²) in [6, 6.07) is 17.5. The van der Waals surface area contributed by atoms with Crippen molar-refractivity contribution in [3.05, 3.63) is 70.8 Å². The highest BCUT2D eigenvalue weighted by Crippen LogP contribution is 2.23. The lowest BCUT2D eigenvalue weighted by Crippen LogP contribution is -2.50. The van der Waals surface area contributed by atoms with Crippen LogP contribution < -0.4 is 0 Å². The molecular formula is C20H18BrN3O4S. The topological polar surface area (TPSA) is 83.7 Å². The van der Waals surface area contributed by atoms with Crippen molar-refractivity contribution in [1.29, 1.82) is 0 Å². The molecule has 4 rings (SSSR count). The Morgan fingerprint density at radius 2 is 1.62 bits per heavy atom. The van der Waals surface area contributed by atoms with Crippen LogP contribution in [0.2, 0.25) is 0 Å². The van der Waals surface area contributed by atoms with Crippen LogP contribution in [0.3, 0.4) is 0 Å². The van der Waals surface area contributed by atoms with Crippen LogP contribution in [0, 0.1) is 0 Å². The van der Waals surface area contributed by atoms with Crippen LogP contribution in [-0.2, 0) is 10.0 Å². The lowest BCUT2D eigenvalue weighted by molar-refractivity contribution is 0.0687. The van der Waals surface area contributed by atoms with Gasteiger partial charge in [-0.3, -0.25) is 4.79 Å². The summed E-state index contributed by atoms with van der Waals surface area (Å²) in [6.45, 7) is 1.05. The summed E-state index contributed by atoms with van der Waals surface area (Å²) in [7, 11) is -3.58. The van der Waals surface area contributed by atoms with Crippen LogP contribution in [-0.4, -0.2) is 54.9 Å². The molecule has 3 aromatic rings. The molecule has 0 aliphatic carbocycles. The molecule has 7 nitrogen and oxygen atoms in total. The van der Waals surface area contributed by atoms with Crippen LogP contribution in [0.5, 0.6) is 0 Å². The second-order valence-electron chi connectivity index (χ2n) is 6.59. The Balaban J connectivity index is 1.42. The van der Waals surface area contributed by atoms with Crippen molar-refractivity contribution in [3.8, 4) is 11.3 Å². The van der Waals surface area contributed by atoms with Crippen molar-refractivity contribution >= 4 is 31.9 Å². The van der Waals surface area contributed by atoms with E-state index in [2.05, 4.69) is 21.1 Å². The second-order valence-corrected chi connectivity index (χ2v) is 9.45. The van der Waals surface area contributed by atoms with Crippen LogP contribution >= 0.6 is 15.9 Å². The zero-order valence-electron chi connectivity index (χ0n) is 15.4. The molecule has 1 aliphatic heterocycles. The molecule has 29 heavy (non-hydrogen) atoms. The number of halogens is 1. The SMILES string of the molecule is O=C(c1cc(-c2ccccc2)on1)N1CCN(S(=O)(=O)c2ccc(Br)cc2)CC1. The molecule has 0 saturated carbocycles. The van der Waals surface area contributed by atoms with Crippen molar-refractivity contribution in [3.63, 3.8) is 0 Å². The van der Waals surface area contributed by atoms with Gasteiger partial charge < -0.3 is 9.42 Å². The standard InChI is InChI=1S/C20H18BrN3O4S/c21-16-6-8-17(9-7-16)29(26,27)24-12-10-23(11-13-24)20(25)18-14-19(28-22-18)15-4-2-1-3-5-15/h1-9,14H,10-13H2. The van der Waals surface area contributed by atoms with E-state index < -0.39 is 10.0 Å². The van der Waals surface area contributed by atoms with Crippen LogP contribution in [0.4, 0.5) is 0 Å². The third-order valence-corrected chi connectivity index (χ3v) is 7.21. The maximum Gasteiger partial charge on any atom is 0.276 e. The van der Waals surface area contributed by atoms with Crippen LogP contribution in [0.1, 0.15) is 10.5 Å². The van der Waals surface area contributed by atoms with E-state index in [9.17, 15) is 13.2 Å². The van der Waals surface area contributed by atoms with Crippen LogP contribution in [0.15, 0.2) is 74.6 Å². The average Bonchev–Trinajstić information content (AvgIpc) is 3.24. The number of nitrogens with zero attached hydrogens (tertiary/aromatic N) is 3. The summed E-state index contributed by atoms with van der Waals surface area (Å²) >= 11 is 3.30. The number of sulfonamides is 1. The van der Waals surface area contributed by atoms with Crippen molar-refractivity contribution in [2.24, 2.45) is 0 Å². The first-order valence-electron chi connectivity index (χ1n) is 9.02. The van der Waals surface area contributed by atoms with E-state index in [-0.39, 0.29) is 29.6 Å². The number of carbonyl (C=O) groups is 1. The molecule has 0 spiro atoms. The number of aromatic nitrogens is 1. The van der Waals surface area contributed by atoms with Gasteiger partial charge in [-0.2, -0.15) is 4.31 Å². The summed E-state index contributed by atoms with van der Waals surface area (Å²) < 4.78 is 33.1. The van der Waals surface area contributed by atoms with Gasteiger partial charge in [0.1, 0.15) is 0 Å². The summed E-state index contributed by atoms with van der Waals surface area (Å²) in [4.78, 5) is 14.6. The van der Waals surface area contributed by atoms with E-state index in [4.69, 9.17) is 4.52 Å². The van der Waals surface area contributed by atoms with Gasteiger partial charge in [-0.25, -0.2) is 8.42 Å². The molecule has 1 fully saturated rings. The Hall–Kier alpha value is -2.49. The predicted octanol–water partition coefficient (Wildman–Crippen LogP) is 3.25. The minimum Gasteiger partial charge on any atom is -0.355 e. The van der Waals surface area contributed by atoms with Gasteiger partial charge in [-0.05, 0) is 24.3 Å². The van der Waals surface area contributed by atoms with Gasteiger partial charge in [-0.1, -0.05) is 51.4 Å². The van der Waals surface area contributed by atoms with Crippen molar-refractivity contribution in [1.82, 2.24) is 14.4 Å². The average molecular weight is 476 g/mol. The number of amides is 1. The lowest BCUT2D eigenvalue weighted by Gasteiger charge is -2.33. The van der Waals surface area contributed by atoms with Crippen molar-refractivity contribution in [2.45, 2.75) is 4.90 Å². The van der Waals surface area contributed by atoms with E-state index in [0.29, 0.717) is 18.8 Å². The summed E-state index contributed by atoms with van der Waals surface area (Å²) in [6.07, 6.45) is 0. The normalized spacial score (nSPS) is 15.4. The fourth-order valence-electron chi connectivity index (χ4n) is 3.16. The molecular weight excluding hydrogens is 458 g/mol. The number of benzene rings is 2. The van der Waals surface area contributed by atoms with Crippen LogP contribution in [0.25, 0.3) is 11.3 Å². The highest BCUT2D eigenvalue weighted by molar-refractivity contribution is 9.10. The quantitative estimate of drug-likeness (QED) is 0.578. The Labute approximate surface area is 177 Å². The maximum atomic E-state index is 12.8. The van der Waals surface area contributed by atoms with Gasteiger partial charge in [0.05, 0.1) is 4.90 Å². The first kappa shape index (κ1) is 19.8. The van der Waals surface area contributed by atoms with Gasteiger partial charge in [-0.15, -0.1) is 0 Å². The lowest BCUT2D eigenvalue weighted by atomic mass is 10.1. The third-order valence-electron chi connectivity index (χ3n) is 4.76. The fraction of sp³-hybridized carbons (Fsp3) is 0.200. The molecule has 9 heteroatoms. The van der Waals surface area contributed by atoms with E-state index in [1.54, 1.807) is 35.2 Å². The fourth-order valence-corrected chi connectivity index (χ4v) is 4.85. The van der Waals surface area contributed by atoms with E-state index >= 15 is 0 Å². The Kier molecular flexibility index (Phi) is 5.53. The third kappa shape index (κ3) is 4.12. The number of piperazine rings is 1. The van der Waals surface area contributed by atoms with Crippen molar-refractivity contribution in [2.75, 3.05) is 26.2 Å².